The highest BCUT2D eigenvalue weighted by atomic mass is 35.5. The predicted octanol–water partition coefficient (Wildman–Crippen LogP) is 6.75. The van der Waals surface area contributed by atoms with Crippen molar-refractivity contribution < 1.29 is 0 Å². The van der Waals surface area contributed by atoms with Crippen LogP contribution < -0.4 is 5.32 Å². The molecule has 34 heavy (non-hydrogen) atoms. The zero-order chi connectivity index (χ0) is 24.2. The summed E-state index contributed by atoms with van der Waals surface area (Å²) < 4.78 is 2.39. The van der Waals surface area contributed by atoms with Gasteiger partial charge in [0.2, 0.25) is 0 Å². The number of nitrogens with zero attached hydrogens (tertiary/aromatic N) is 4. The number of benzene rings is 2. The highest BCUT2D eigenvalue weighted by Crippen LogP contribution is 2.35. The van der Waals surface area contributed by atoms with Gasteiger partial charge in [-0.3, -0.25) is 0 Å². The first kappa shape index (κ1) is 25.1. The maximum Gasteiger partial charge on any atom is 0.0968 e. The number of pyridine rings is 1. The molecule has 0 unspecified atom stereocenters. The molecule has 0 radical (unpaired) electrons. The quantitative estimate of drug-likeness (QED) is 0.247. The molecule has 4 aromatic rings. The average Bonchev–Trinajstić information content (AvgIpc) is 3.13. The van der Waals surface area contributed by atoms with Crippen LogP contribution in [0.25, 0.3) is 32.8 Å². The van der Waals surface area contributed by atoms with Crippen molar-refractivity contribution in [3.05, 3.63) is 46.4 Å². The van der Waals surface area contributed by atoms with Crippen LogP contribution in [0.4, 0.5) is 5.69 Å². The van der Waals surface area contributed by atoms with Crippen LogP contribution in [-0.4, -0.2) is 65.2 Å². The number of rotatable bonds is 11. The Morgan fingerprint density at radius 2 is 1.50 bits per heavy atom. The van der Waals surface area contributed by atoms with Crippen molar-refractivity contribution in [2.75, 3.05) is 51.1 Å². The minimum Gasteiger partial charge on any atom is -0.383 e. The number of halogens is 2. The zero-order valence-electron chi connectivity index (χ0n) is 20.7. The van der Waals surface area contributed by atoms with Gasteiger partial charge >= 0.3 is 0 Å². The van der Waals surface area contributed by atoms with Crippen molar-refractivity contribution in [3.63, 3.8) is 0 Å². The van der Waals surface area contributed by atoms with Gasteiger partial charge in [-0.05, 0) is 62.6 Å². The van der Waals surface area contributed by atoms with Gasteiger partial charge in [-0.25, -0.2) is 4.98 Å². The Hall–Kier alpha value is -2.05. The fourth-order valence-electron chi connectivity index (χ4n) is 4.75. The average molecular weight is 501 g/mol. The lowest BCUT2D eigenvalue weighted by Gasteiger charge is -2.20. The summed E-state index contributed by atoms with van der Waals surface area (Å²) in [4.78, 5) is 9.96. The second-order valence-electron chi connectivity index (χ2n) is 8.67. The van der Waals surface area contributed by atoms with E-state index in [1.165, 1.54) is 0 Å². The Labute approximate surface area is 212 Å². The third-order valence-electron chi connectivity index (χ3n) is 6.85. The van der Waals surface area contributed by atoms with Crippen LogP contribution in [0.5, 0.6) is 0 Å². The van der Waals surface area contributed by atoms with E-state index in [4.69, 9.17) is 28.2 Å². The van der Waals surface area contributed by atoms with Crippen LogP contribution in [-0.2, 0) is 6.54 Å². The van der Waals surface area contributed by atoms with Crippen molar-refractivity contribution in [2.24, 2.45) is 0 Å². The monoisotopic (exact) mass is 499 g/mol. The lowest BCUT2D eigenvalue weighted by molar-refractivity contribution is 0.293. The minimum absolute atomic E-state index is 0.688. The maximum atomic E-state index is 6.51. The van der Waals surface area contributed by atoms with Crippen LogP contribution in [0.2, 0.25) is 10.0 Å². The molecule has 0 aliphatic carbocycles. The molecule has 0 aliphatic rings. The molecule has 0 atom stereocenters. The predicted molar refractivity (Wildman–Crippen MR) is 149 cm³/mol. The second kappa shape index (κ2) is 11.1. The first-order chi connectivity index (χ1) is 16.5. The minimum atomic E-state index is 0.688. The fourth-order valence-corrected chi connectivity index (χ4v) is 5.14. The van der Waals surface area contributed by atoms with Gasteiger partial charge in [0.1, 0.15) is 0 Å². The number of fused-ring (bicyclic) bond motifs is 4. The number of hydrogen-bond donors (Lipinski definition) is 1. The summed E-state index contributed by atoms with van der Waals surface area (Å²) in [6.45, 7) is 16.7. The number of aromatic nitrogens is 2. The summed E-state index contributed by atoms with van der Waals surface area (Å²) >= 11 is 12.9. The van der Waals surface area contributed by atoms with E-state index in [0.717, 1.165) is 95.9 Å². The molecule has 182 valence electrons. The van der Waals surface area contributed by atoms with E-state index in [1.807, 2.05) is 24.3 Å². The van der Waals surface area contributed by atoms with E-state index in [2.05, 4.69) is 59.5 Å². The van der Waals surface area contributed by atoms with Gasteiger partial charge < -0.3 is 19.7 Å². The highest BCUT2D eigenvalue weighted by Gasteiger charge is 2.16. The largest absolute Gasteiger partial charge is 0.383 e. The van der Waals surface area contributed by atoms with E-state index < -0.39 is 0 Å². The van der Waals surface area contributed by atoms with Crippen molar-refractivity contribution in [3.8, 4) is 0 Å². The van der Waals surface area contributed by atoms with Gasteiger partial charge in [-0.15, -0.1) is 0 Å². The molecule has 7 heteroatoms. The Morgan fingerprint density at radius 1 is 0.794 bits per heavy atom. The molecular weight excluding hydrogens is 465 g/mol. The maximum absolute atomic E-state index is 6.51. The standard InChI is InChI=1S/C27H35Cl2N5/c1-5-32(6-2)12-11-30-23-16-20(29)17-24-21(23)18-26-27(31-24)22-15-19(28)9-10-25(22)34(26)14-13-33(7-3)8-4/h9-10,15-18,30H,5-8,11-14H2,1-4H3. The molecule has 0 bridgehead atoms. The summed E-state index contributed by atoms with van der Waals surface area (Å²) in [7, 11) is 0. The topological polar surface area (TPSA) is 36.3 Å². The van der Waals surface area contributed by atoms with Crippen molar-refractivity contribution in [2.45, 2.75) is 34.2 Å². The van der Waals surface area contributed by atoms with E-state index >= 15 is 0 Å². The van der Waals surface area contributed by atoms with Gasteiger partial charge in [0.05, 0.1) is 22.1 Å². The molecule has 4 rings (SSSR count). The summed E-state index contributed by atoms with van der Waals surface area (Å²) in [6, 6.07) is 12.3. The van der Waals surface area contributed by atoms with E-state index in [-0.39, 0.29) is 0 Å². The van der Waals surface area contributed by atoms with Gasteiger partial charge in [0.25, 0.3) is 0 Å². The summed E-state index contributed by atoms with van der Waals surface area (Å²) in [5.41, 5.74) is 5.19. The molecule has 2 aromatic heterocycles. The third-order valence-corrected chi connectivity index (χ3v) is 7.30. The van der Waals surface area contributed by atoms with E-state index in [1.54, 1.807) is 0 Å². The lowest BCUT2D eigenvalue weighted by Crippen LogP contribution is -2.28. The van der Waals surface area contributed by atoms with Gasteiger partial charge in [0, 0.05) is 52.7 Å². The van der Waals surface area contributed by atoms with Crippen LogP contribution in [0.1, 0.15) is 27.7 Å². The number of likely N-dealkylation sites (N-methyl/N-ethyl adjacent to an activating group) is 2. The summed E-state index contributed by atoms with van der Waals surface area (Å²) in [5.74, 6) is 0. The molecule has 0 aliphatic heterocycles. The number of anilines is 1. The molecule has 0 fully saturated rings. The molecule has 0 amide bonds. The van der Waals surface area contributed by atoms with Crippen LogP contribution in [0.3, 0.4) is 0 Å². The Morgan fingerprint density at radius 3 is 2.21 bits per heavy atom. The van der Waals surface area contributed by atoms with Crippen molar-refractivity contribution in [1.82, 2.24) is 19.4 Å². The fraction of sp³-hybridized carbons (Fsp3) is 0.444. The van der Waals surface area contributed by atoms with Crippen molar-refractivity contribution >= 4 is 61.7 Å². The molecule has 0 spiro atoms. The summed E-state index contributed by atoms with van der Waals surface area (Å²) in [5, 5.41) is 7.21. The van der Waals surface area contributed by atoms with E-state index in [9.17, 15) is 0 Å². The highest BCUT2D eigenvalue weighted by molar-refractivity contribution is 6.32. The lowest BCUT2D eigenvalue weighted by atomic mass is 10.1. The molecule has 2 aromatic carbocycles. The SMILES string of the molecule is CCN(CC)CCNc1cc(Cl)cc2nc3c4cc(Cl)ccc4n(CCN(CC)CC)c3cc12. The first-order valence-electron chi connectivity index (χ1n) is 12.4. The molecule has 1 N–H and O–H groups in total. The number of hydrogen-bond acceptors (Lipinski definition) is 4. The van der Waals surface area contributed by atoms with Crippen LogP contribution >= 0.6 is 23.2 Å². The van der Waals surface area contributed by atoms with Gasteiger partial charge in [-0.1, -0.05) is 50.9 Å². The Balaban J connectivity index is 1.82. The normalized spacial score (nSPS) is 12.1. The van der Waals surface area contributed by atoms with E-state index in [0.29, 0.717) is 5.02 Å². The Bertz CT molecular complexity index is 1270. The molecule has 2 heterocycles. The van der Waals surface area contributed by atoms with Crippen LogP contribution in [0.15, 0.2) is 36.4 Å². The smallest absolute Gasteiger partial charge is 0.0968 e. The Kier molecular flexibility index (Phi) is 8.20. The molecule has 0 saturated carbocycles. The van der Waals surface area contributed by atoms with Crippen LogP contribution in [0, 0.1) is 0 Å². The number of nitrogens with one attached hydrogen (secondary N) is 1. The molecule has 0 saturated heterocycles. The van der Waals surface area contributed by atoms with Crippen molar-refractivity contribution in [1.29, 1.82) is 0 Å². The zero-order valence-corrected chi connectivity index (χ0v) is 22.2. The van der Waals surface area contributed by atoms with Gasteiger partial charge in [0.15, 0.2) is 0 Å². The van der Waals surface area contributed by atoms with Gasteiger partial charge in [-0.2, -0.15) is 0 Å². The molecular formula is C27H35Cl2N5. The third kappa shape index (κ3) is 5.13. The summed E-state index contributed by atoms with van der Waals surface area (Å²) in [6.07, 6.45) is 0. The first-order valence-corrected chi connectivity index (χ1v) is 13.1. The second-order valence-corrected chi connectivity index (χ2v) is 9.54. The molecule has 5 nitrogen and oxygen atoms in total.